The molecule has 2 aromatic rings. The fraction of sp³-hybridized carbons (Fsp3) is 0.429. The van der Waals surface area contributed by atoms with Crippen molar-refractivity contribution < 1.29 is 9.90 Å². The number of rotatable bonds is 7. The van der Waals surface area contributed by atoms with Crippen molar-refractivity contribution in [2.45, 2.75) is 37.9 Å². The van der Waals surface area contributed by atoms with Gasteiger partial charge in [-0.3, -0.25) is 14.3 Å². The summed E-state index contributed by atoms with van der Waals surface area (Å²) in [6.45, 7) is 4.13. The van der Waals surface area contributed by atoms with Gasteiger partial charge in [0.1, 0.15) is 5.82 Å². The highest BCUT2D eigenvalue weighted by Crippen LogP contribution is 2.26. The van der Waals surface area contributed by atoms with Crippen LogP contribution in [0.1, 0.15) is 37.7 Å². The standard InChI is InChI=1S/C14H18N4O2S/c1-3-5-12-16-17-14(21-9-13(19)20)18(12)10(2)11-6-4-7-15-8-11/h4,6-8,10H,3,5,9H2,1-2H3,(H,19,20). The van der Waals surface area contributed by atoms with E-state index < -0.39 is 5.97 Å². The van der Waals surface area contributed by atoms with Crippen molar-refractivity contribution in [2.75, 3.05) is 5.75 Å². The van der Waals surface area contributed by atoms with Gasteiger partial charge in [0.25, 0.3) is 0 Å². The predicted octanol–water partition coefficient (Wildman–Crippen LogP) is 2.41. The number of pyridine rings is 1. The van der Waals surface area contributed by atoms with Crippen molar-refractivity contribution in [3.05, 3.63) is 35.9 Å². The lowest BCUT2D eigenvalue weighted by Crippen LogP contribution is -2.13. The third-order valence-electron chi connectivity index (χ3n) is 3.09. The lowest BCUT2D eigenvalue weighted by atomic mass is 10.1. The molecule has 6 nitrogen and oxygen atoms in total. The van der Waals surface area contributed by atoms with E-state index in [0.29, 0.717) is 5.16 Å². The normalized spacial score (nSPS) is 12.3. The number of thioether (sulfide) groups is 1. The van der Waals surface area contributed by atoms with Crippen LogP contribution in [-0.4, -0.2) is 36.6 Å². The van der Waals surface area contributed by atoms with Gasteiger partial charge >= 0.3 is 5.97 Å². The highest BCUT2D eigenvalue weighted by molar-refractivity contribution is 7.99. The Morgan fingerprint density at radius 2 is 2.29 bits per heavy atom. The number of hydrogen-bond acceptors (Lipinski definition) is 5. The van der Waals surface area contributed by atoms with Crippen LogP contribution in [0, 0.1) is 0 Å². The summed E-state index contributed by atoms with van der Waals surface area (Å²) in [7, 11) is 0. The average Bonchev–Trinajstić information content (AvgIpc) is 2.88. The van der Waals surface area contributed by atoms with Crippen molar-refractivity contribution in [1.29, 1.82) is 0 Å². The highest BCUT2D eigenvalue weighted by atomic mass is 32.2. The van der Waals surface area contributed by atoms with Gasteiger partial charge in [-0.15, -0.1) is 10.2 Å². The number of carboxylic acids is 1. The number of aliphatic carboxylic acids is 1. The molecule has 112 valence electrons. The first-order valence-electron chi connectivity index (χ1n) is 6.81. The third-order valence-corrected chi connectivity index (χ3v) is 4.02. The Morgan fingerprint density at radius 1 is 1.48 bits per heavy atom. The van der Waals surface area contributed by atoms with Crippen LogP contribution in [0.25, 0.3) is 0 Å². The second-order valence-electron chi connectivity index (χ2n) is 4.66. The summed E-state index contributed by atoms with van der Waals surface area (Å²) in [5.41, 5.74) is 1.05. The Labute approximate surface area is 127 Å². The monoisotopic (exact) mass is 306 g/mol. The second kappa shape index (κ2) is 7.21. The SMILES string of the molecule is CCCc1nnc(SCC(=O)O)n1C(C)c1cccnc1. The number of nitrogens with zero attached hydrogens (tertiary/aromatic N) is 4. The van der Waals surface area contributed by atoms with E-state index in [4.69, 9.17) is 5.11 Å². The molecule has 0 aliphatic heterocycles. The summed E-state index contributed by atoms with van der Waals surface area (Å²) < 4.78 is 2.01. The van der Waals surface area contributed by atoms with Gasteiger partial charge in [0.15, 0.2) is 5.16 Å². The van der Waals surface area contributed by atoms with Crippen LogP contribution in [0.3, 0.4) is 0 Å². The average molecular weight is 306 g/mol. The molecule has 1 atom stereocenters. The molecule has 0 amide bonds. The zero-order chi connectivity index (χ0) is 15.2. The molecule has 21 heavy (non-hydrogen) atoms. The van der Waals surface area contributed by atoms with Gasteiger partial charge in [-0.05, 0) is 25.0 Å². The van der Waals surface area contributed by atoms with E-state index in [0.717, 1.165) is 24.2 Å². The van der Waals surface area contributed by atoms with Crippen LogP contribution in [0.5, 0.6) is 0 Å². The van der Waals surface area contributed by atoms with Crippen LogP contribution in [0.15, 0.2) is 29.7 Å². The van der Waals surface area contributed by atoms with Crippen molar-refractivity contribution in [2.24, 2.45) is 0 Å². The molecular formula is C14H18N4O2S. The van der Waals surface area contributed by atoms with E-state index in [1.165, 1.54) is 11.8 Å². The van der Waals surface area contributed by atoms with Gasteiger partial charge in [0, 0.05) is 18.8 Å². The summed E-state index contributed by atoms with van der Waals surface area (Å²) in [4.78, 5) is 14.9. The van der Waals surface area contributed by atoms with E-state index in [9.17, 15) is 4.79 Å². The Bertz CT molecular complexity index is 600. The van der Waals surface area contributed by atoms with Gasteiger partial charge in [-0.1, -0.05) is 24.8 Å². The minimum atomic E-state index is -0.861. The number of carboxylic acid groups (broad SMARTS) is 1. The zero-order valence-electron chi connectivity index (χ0n) is 12.1. The fourth-order valence-corrected chi connectivity index (χ4v) is 2.84. The first-order chi connectivity index (χ1) is 10.1. The molecule has 0 aromatic carbocycles. The molecule has 2 heterocycles. The van der Waals surface area contributed by atoms with E-state index >= 15 is 0 Å². The van der Waals surface area contributed by atoms with Crippen molar-refractivity contribution >= 4 is 17.7 Å². The smallest absolute Gasteiger partial charge is 0.313 e. The molecule has 1 unspecified atom stereocenters. The van der Waals surface area contributed by atoms with Crippen LogP contribution in [-0.2, 0) is 11.2 Å². The first kappa shape index (κ1) is 15.5. The topological polar surface area (TPSA) is 80.9 Å². The molecule has 0 bridgehead atoms. The fourth-order valence-electron chi connectivity index (χ4n) is 2.09. The number of carbonyl (C=O) groups is 1. The molecule has 0 saturated heterocycles. The molecule has 1 N–H and O–H groups in total. The molecule has 7 heteroatoms. The van der Waals surface area contributed by atoms with Crippen LogP contribution in [0.2, 0.25) is 0 Å². The molecule has 0 saturated carbocycles. The van der Waals surface area contributed by atoms with E-state index in [-0.39, 0.29) is 11.8 Å². The summed E-state index contributed by atoms with van der Waals surface area (Å²) in [6.07, 6.45) is 5.31. The maximum atomic E-state index is 10.8. The number of hydrogen-bond donors (Lipinski definition) is 1. The lowest BCUT2D eigenvalue weighted by molar-refractivity contribution is -0.133. The van der Waals surface area contributed by atoms with Crippen molar-refractivity contribution in [3.63, 3.8) is 0 Å². The molecular weight excluding hydrogens is 288 g/mol. The Hall–Kier alpha value is -1.89. The molecule has 2 rings (SSSR count). The zero-order valence-corrected chi connectivity index (χ0v) is 12.9. The molecule has 0 spiro atoms. The minimum absolute atomic E-state index is 0.0199. The molecule has 0 aliphatic carbocycles. The van der Waals surface area contributed by atoms with E-state index in [1.54, 1.807) is 6.20 Å². The Balaban J connectivity index is 2.33. The van der Waals surface area contributed by atoms with Crippen LogP contribution in [0.4, 0.5) is 0 Å². The molecule has 0 aliphatic rings. The predicted molar refractivity (Wildman–Crippen MR) is 80.4 cm³/mol. The quantitative estimate of drug-likeness (QED) is 0.791. The van der Waals surface area contributed by atoms with Gasteiger partial charge < -0.3 is 5.11 Å². The summed E-state index contributed by atoms with van der Waals surface area (Å²) in [5.74, 6) is -0.00771. The number of aromatic nitrogens is 4. The number of aryl methyl sites for hydroxylation is 1. The summed E-state index contributed by atoms with van der Waals surface area (Å²) in [5, 5.41) is 17.8. The highest BCUT2D eigenvalue weighted by Gasteiger charge is 2.19. The maximum Gasteiger partial charge on any atom is 0.313 e. The maximum absolute atomic E-state index is 10.8. The van der Waals surface area contributed by atoms with Crippen LogP contribution < -0.4 is 0 Å². The largest absolute Gasteiger partial charge is 0.481 e. The second-order valence-corrected chi connectivity index (χ2v) is 5.61. The van der Waals surface area contributed by atoms with Gasteiger partial charge in [0.05, 0.1) is 11.8 Å². The minimum Gasteiger partial charge on any atom is -0.481 e. The Kier molecular flexibility index (Phi) is 5.32. The van der Waals surface area contributed by atoms with Gasteiger partial charge in [-0.25, -0.2) is 0 Å². The van der Waals surface area contributed by atoms with Gasteiger partial charge in [0.2, 0.25) is 0 Å². The molecule has 0 fully saturated rings. The van der Waals surface area contributed by atoms with Crippen molar-refractivity contribution in [1.82, 2.24) is 19.7 Å². The third kappa shape index (κ3) is 3.81. The van der Waals surface area contributed by atoms with Crippen LogP contribution >= 0.6 is 11.8 Å². The molecule has 2 aromatic heterocycles. The van der Waals surface area contributed by atoms with Crippen molar-refractivity contribution in [3.8, 4) is 0 Å². The van der Waals surface area contributed by atoms with Gasteiger partial charge in [-0.2, -0.15) is 0 Å². The lowest BCUT2D eigenvalue weighted by Gasteiger charge is -2.17. The molecule has 0 radical (unpaired) electrons. The first-order valence-corrected chi connectivity index (χ1v) is 7.80. The van der Waals surface area contributed by atoms with E-state index in [2.05, 4.69) is 22.1 Å². The van der Waals surface area contributed by atoms with E-state index in [1.807, 2.05) is 29.8 Å². The summed E-state index contributed by atoms with van der Waals surface area (Å²) in [6, 6.07) is 3.91. The summed E-state index contributed by atoms with van der Waals surface area (Å²) >= 11 is 1.19. The Morgan fingerprint density at radius 3 is 2.90 bits per heavy atom.